The number of hydrogen-bond donors (Lipinski definition) is 0. The van der Waals surface area contributed by atoms with Gasteiger partial charge in [0.25, 0.3) is 0 Å². The Morgan fingerprint density at radius 2 is 1.82 bits per heavy atom. The number of ketones is 1. The van der Waals surface area contributed by atoms with Crippen LogP contribution in [0.25, 0.3) is 0 Å². The average Bonchev–Trinajstić information content (AvgIpc) is 2.78. The topological polar surface area (TPSA) is 17.1 Å². The van der Waals surface area contributed by atoms with Crippen LogP contribution in [0.5, 0.6) is 0 Å². The molecule has 2 bridgehead atoms. The van der Waals surface area contributed by atoms with Crippen molar-refractivity contribution in [3.05, 3.63) is 35.1 Å². The van der Waals surface area contributed by atoms with E-state index < -0.39 is 17.6 Å². The maximum atomic E-state index is 13.8. The van der Waals surface area contributed by atoms with Gasteiger partial charge in [-0.1, -0.05) is 6.07 Å². The molecule has 1 nitrogen and oxygen atoms in total. The van der Waals surface area contributed by atoms with Crippen LogP contribution in [0.2, 0.25) is 0 Å². The molecule has 120 valence electrons. The quantitative estimate of drug-likeness (QED) is 0.751. The maximum Gasteiger partial charge on any atom is 0.416 e. The van der Waals surface area contributed by atoms with Gasteiger partial charge in [0.15, 0.2) is 0 Å². The van der Waals surface area contributed by atoms with Crippen molar-refractivity contribution >= 4 is 17.5 Å². The number of hydrogen-bond acceptors (Lipinski definition) is 2. The highest BCUT2D eigenvalue weighted by molar-refractivity contribution is 8.00. The van der Waals surface area contributed by atoms with Gasteiger partial charge in [0, 0.05) is 22.8 Å². The number of benzene rings is 1. The van der Waals surface area contributed by atoms with Gasteiger partial charge >= 0.3 is 6.18 Å². The molecule has 2 aliphatic rings. The summed E-state index contributed by atoms with van der Waals surface area (Å²) in [5, 5.41) is 1.04. The van der Waals surface area contributed by atoms with E-state index in [1.807, 2.05) is 11.8 Å². The molecule has 6 heteroatoms. The third-order valence-corrected chi connectivity index (χ3v) is 6.12. The van der Waals surface area contributed by atoms with Gasteiger partial charge in [0.1, 0.15) is 11.6 Å². The van der Waals surface area contributed by atoms with Crippen LogP contribution < -0.4 is 0 Å². The first-order chi connectivity index (χ1) is 10.3. The van der Waals surface area contributed by atoms with E-state index in [4.69, 9.17) is 0 Å². The van der Waals surface area contributed by atoms with E-state index in [0.29, 0.717) is 16.6 Å². The normalized spacial score (nSPS) is 27.9. The molecule has 2 heterocycles. The molecule has 0 N–H and O–H groups in total. The molecule has 0 spiro atoms. The SMILES string of the molecule is O=C(Cc1ccc(C(F)(F)F)cc1F)C1CC2CCC(C1)S2. The molecule has 2 atom stereocenters. The lowest BCUT2D eigenvalue weighted by atomic mass is 9.90. The summed E-state index contributed by atoms with van der Waals surface area (Å²) < 4.78 is 51.3. The summed E-state index contributed by atoms with van der Waals surface area (Å²) in [7, 11) is 0. The molecule has 2 fully saturated rings. The number of halogens is 4. The van der Waals surface area contributed by atoms with E-state index in [-0.39, 0.29) is 23.7 Å². The summed E-state index contributed by atoms with van der Waals surface area (Å²) in [6.45, 7) is 0. The van der Waals surface area contributed by atoms with Crippen LogP contribution in [-0.4, -0.2) is 16.3 Å². The zero-order valence-electron chi connectivity index (χ0n) is 11.8. The lowest BCUT2D eigenvalue weighted by Crippen LogP contribution is -2.26. The molecule has 0 aliphatic carbocycles. The van der Waals surface area contributed by atoms with Crippen molar-refractivity contribution in [1.82, 2.24) is 0 Å². The number of alkyl halides is 3. The molecule has 0 amide bonds. The fourth-order valence-electron chi connectivity index (χ4n) is 3.32. The zero-order valence-corrected chi connectivity index (χ0v) is 12.6. The Morgan fingerprint density at radius 1 is 1.18 bits per heavy atom. The highest BCUT2D eigenvalue weighted by Crippen LogP contribution is 2.46. The minimum atomic E-state index is -4.57. The van der Waals surface area contributed by atoms with Crippen LogP contribution in [0.4, 0.5) is 17.6 Å². The number of rotatable bonds is 3. The van der Waals surface area contributed by atoms with Gasteiger partial charge < -0.3 is 0 Å². The maximum absolute atomic E-state index is 13.8. The van der Waals surface area contributed by atoms with Crippen LogP contribution in [-0.2, 0) is 17.4 Å². The second-order valence-electron chi connectivity index (χ2n) is 6.07. The largest absolute Gasteiger partial charge is 0.416 e. The lowest BCUT2D eigenvalue weighted by molar-refractivity contribution is -0.137. The summed E-state index contributed by atoms with van der Waals surface area (Å²) >= 11 is 1.94. The first-order valence-corrected chi connectivity index (χ1v) is 8.31. The molecule has 3 rings (SSSR count). The molecular formula is C16H16F4OS. The predicted octanol–water partition coefficient (Wildman–Crippen LogP) is 4.63. The van der Waals surface area contributed by atoms with E-state index in [1.165, 1.54) is 0 Å². The fraction of sp³-hybridized carbons (Fsp3) is 0.562. The van der Waals surface area contributed by atoms with Crippen molar-refractivity contribution in [2.24, 2.45) is 5.92 Å². The Balaban J connectivity index is 1.69. The zero-order chi connectivity index (χ0) is 15.9. The number of Topliss-reactive ketones (excluding diaryl/α,β-unsaturated/α-hetero) is 1. The van der Waals surface area contributed by atoms with Gasteiger partial charge in [-0.2, -0.15) is 24.9 Å². The Morgan fingerprint density at radius 3 is 2.36 bits per heavy atom. The van der Waals surface area contributed by atoms with Crippen LogP contribution in [0.3, 0.4) is 0 Å². The third kappa shape index (κ3) is 3.31. The van der Waals surface area contributed by atoms with Crippen molar-refractivity contribution in [3.63, 3.8) is 0 Å². The van der Waals surface area contributed by atoms with E-state index in [1.54, 1.807) is 0 Å². The average molecular weight is 332 g/mol. The van der Waals surface area contributed by atoms with Crippen LogP contribution in [0.1, 0.15) is 36.8 Å². The summed E-state index contributed by atoms with van der Waals surface area (Å²) in [4.78, 5) is 12.3. The molecule has 22 heavy (non-hydrogen) atoms. The number of thioether (sulfide) groups is 1. The molecule has 0 saturated carbocycles. The molecule has 0 aromatic heterocycles. The minimum absolute atomic E-state index is 0.0455. The fourth-order valence-corrected chi connectivity index (χ4v) is 5.10. The Labute approximate surface area is 130 Å². The molecule has 2 unspecified atom stereocenters. The monoisotopic (exact) mass is 332 g/mol. The summed E-state index contributed by atoms with van der Waals surface area (Å²) in [6.07, 6.45) is -0.770. The van der Waals surface area contributed by atoms with Crippen LogP contribution >= 0.6 is 11.8 Å². The number of fused-ring (bicyclic) bond motifs is 2. The molecule has 0 radical (unpaired) electrons. The molecule has 2 aliphatic heterocycles. The Bertz CT molecular complexity index is 572. The first-order valence-electron chi connectivity index (χ1n) is 7.36. The van der Waals surface area contributed by atoms with Crippen molar-refractivity contribution in [2.75, 3.05) is 0 Å². The second kappa shape index (κ2) is 5.87. The number of carbonyl (C=O) groups excluding carboxylic acids is 1. The van der Waals surface area contributed by atoms with Gasteiger partial charge in [-0.25, -0.2) is 4.39 Å². The predicted molar refractivity (Wildman–Crippen MR) is 77.2 cm³/mol. The van der Waals surface area contributed by atoms with Gasteiger partial charge in [0.05, 0.1) is 5.56 Å². The van der Waals surface area contributed by atoms with E-state index in [9.17, 15) is 22.4 Å². The molecular weight excluding hydrogens is 316 g/mol. The Kier molecular flexibility index (Phi) is 4.23. The van der Waals surface area contributed by atoms with Crippen LogP contribution in [0, 0.1) is 11.7 Å². The standard InChI is InChI=1S/C16H16F4OS/c17-14-8-11(16(18,19)20)2-1-9(14)7-15(21)10-5-12-3-4-13(6-10)22-12/h1-2,8,10,12-13H,3-7H2. The smallest absolute Gasteiger partial charge is 0.299 e. The summed E-state index contributed by atoms with van der Waals surface area (Å²) in [5.74, 6) is -1.06. The second-order valence-corrected chi connectivity index (χ2v) is 7.68. The van der Waals surface area contributed by atoms with Crippen molar-refractivity contribution < 1.29 is 22.4 Å². The summed E-state index contributed by atoms with van der Waals surface area (Å²) in [5.41, 5.74) is -0.961. The first kappa shape index (κ1) is 15.8. The third-order valence-electron chi connectivity index (χ3n) is 4.49. The lowest BCUT2D eigenvalue weighted by Gasteiger charge is -2.26. The van der Waals surface area contributed by atoms with Gasteiger partial charge in [0.2, 0.25) is 0 Å². The molecule has 2 saturated heterocycles. The van der Waals surface area contributed by atoms with E-state index in [2.05, 4.69) is 0 Å². The van der Waals surface area contributed by atoms with Crippen molar-refractivity contribution in [1.29, 1.82) is 0 Å². The Hall–Kier alpha value is -1.04. The van der Waals surface area contributed by atoms with Crippen molar-refractivity contribution in [2.45, 2.75) is 48.8 Å². The van der Waals surface area contributed by atoms with Crippen LogP contribution in [0.15, 0.2) is 18.2 Å². The highest BCUT2D eigenvalue weighted by Gasteiger charge is 2.37. The minimum Gasteiger partial charge on any atom is -0.299 e. The molecule has 1 aromatic carbocycles. The van der Waals surface area contributed by atoms with Gasteiger partial charge in [-0.3, -0.25) is 4.79 Å². The van der Waals surface area contributed by atoms with E-state index in [0.717, 1.165) is 37.8 Å². The van der Waals surface area contributed by atoms with Crippen molar-refractivity contribution in [3.8, 4) is 0 Å². The number of carbonyl (C=O) groups is 1. The van der Waals surface area contributed by atoms with Gasteiger partial charge in [-0.05, 0) is 43.4 Å². The molecule has 1 aromatic rings. The highest BCUT2D eigenvalue weighted by atomic mass is 32.2. The van der Waals surface area contributed by atoms with Gasteiger partial charge in [-0.15, -0.1) is 0 Å². The summed E-state index contributed by atoms with van der Waals surface area (Å²) in [6, 6.07) is 2.40. The van der Waals surface area contributed by atoms with E-state index >= 15 is 0 Å².